The van der Waals surface area contributed by atoms with Crippen molar-refractivity contribution in [3.05, 3.63) is 18.2 Å². The molecule has 2 atom stereocenters. The van der Waals surface area contributed by atoms with Gasteiger partial charge in [-0.25, -0.2) is 9.78 Å². The Balaban J connectivity index is 1.53. The van der Waals surface area contributed by atoms with Gasteiger partial charge in [0.05, 0.1) is 11.6 Å². The second-order valence-electron chi connectivity index (χ2n) is 6.15. The molecule has 1 saturated heterocycles. The fraction of sp³-hybridized carbons (Fsp3) is 0.733. The summed E-state index contributed by atoms with van der Waals surface area (Å²) in [7, 11) is 3.64. The third-order valence-corrected chi connectivity index (χ3v) is 4.79. The van der Waals surface area contributed by atoms with Gasteiger partial charge in [-0.1, -0.05) is 0 Å². The standard InChI is InChI=1S/C15H24N4O3/c1-19-8-7-16-13(19)12-11(4-9-22-12)18-14(20)17-10-15(21-2)5-3-6-15/h7-8,11-12H,3-6,9-10H2,1-2H3,(H2,17,18,20)/t11-,12-/m0/s1. The zero-order chi connectivity index (χ0) is 15.6. The van der Waals surface area contributed by atoms with Gasteiger partial charge < -0.3 is 24.7 Å². The van der Waals surface area contributed by atoms with E-state index in [4.69, 9.17) is 9.47 Å². The van der Waals surface area contributed by atoms with Crippen LogP contribution in [0.4, 0.5) is 4.79 Å². The molecule has 1 saturated carbocycles. The molecule has 1 aliphatic heterocycles. The van der Waals surface area contributed by atoms with Crippen LogP contribution in [0, 0.1) is 0 Å². The summed E-state index contributed by atoms with van der Waals surface area (Å²) in [5, 5.41) is 5.93. The van der Waals surface area contributed by atoms with Gasteiger partial charge in [0.2, 0.25) is 0 Å². The lowest BCUT2D eigenvalue weighted by atomic mass is 9.80. The Morgan fingerprint density at radius 2 is 2.41 bits per heavy atom. The van der Waals surface area contributed by atoms with E-state index >= 15 is 0 Å². The summed E-state index contributed by atoms with van der Waals surface area (Å²) in [6, 6.07) is -0.223. The highest BCUT2D eigenvalue weighted by Gasteiger charge is 2.38. The van der Waals surface area contributed by atoms with Crippen LogP contribution in [0.25, 0.3) is 0 Å². The first-order valence-corrected chi connectivity index (χ1v) is 7.82. The molecule has 2 aliphatic rings. The molecule has 7 nitrogen and oxygen atoms in total. The van der Waals surface area contributed by atoms with Crippen LogP contribution < -0.4 is 10.6 Å². The monoisotopic (exact) mass is 308 g/mol. The van der Waals surface area contributed by atoms with Gasteiger partial charge in [-0.3, -0.25) is 0 Å². The zero-order valence-corrected chi connectivity index (χ0v) is 13.2. The third kappa shape index (κ3) is 2.96. The molecule has 0 radical (unpaired) electrons. The molecule has 0 unspecified atom stereocenters. The van der Waals surface area contributed by atoms with Gasteiger partial charge in [0, 0.05) is 39.7 Å². The quantitative estimate of drug-likeness (QED) is 0.854. The van der Waals surface area contributed by atoms with Crippen LogP contribution in [0.15, 0.2) is 12.4 Å². The van der Waals surface area contributed by atoms with Crippen molar-refractivity contribution in [3.8, 4) is 0 Å². The van der Waals surface area contributed by atoms with Crippen molar-refractivity contribution in [1.82, 2.24) is 20.2 Å². The van der Waals surface area contributed by atoms with Crippen LogP contribution in [-0.4, -0.2) is 47.5 Å². The number of carbonyl (C=O) groups excluding carboxylic acids is 1. The van der Waals surface area contributed by atoms with Crippen molar-refractivity contribution in [2.24, 2.45) is 7.05 Å². The van der Waals surface area contributed by atoms with Crippen LogP contribution in [0.1, 0.15) is 37.6 Å². The van der Waals surface area contributed by atoms with E-state index in [2.05, 4.69) is 15.6 Å². The van der Waals surface area contributed by atoms with Crippen molar-refractivity contribution in [2.45, 2.75) is 43.4 Å². The van der Waals surface area contributed by atoms with Crippen molar-refractivity contribution in [2.75, 3.05) is 20.3 Å². The topological polar surface area (TPSA) is 77.4 Å². The van der Waals surface area contributed by atoms with Crippen molar-refractivity contribution >= 4 is 6.03 Å². The summed E-state index contributed by atoms with van der Waals surface area (Å²) >= 11 is 0. The maximum Gasteiger partial charge on any atom is 0.315 e. The minimum absolute atomic E-state index is 0.0546. The van der Waals surface area contributed by atoms with E-state index in [9.17, 15) is 4.79 Å². The molecule has 3 rings (SSSR count). The molecule has 2 amide bonds. The molecular formula is C15H24N4O3. The molecule has 1 aromatic heterocycles. The number of nitrogens with zero attached hydrogens (tertiary/aromatic N) is 2. The van der Waals surface area contributed by atoms with E-state index in [0.29, 0.717) is 13.2 Å². The molecule has 0 aromatic carbocycles. The van der Waals surface area contributed by atoms with Crippen LogP contribution in [0.2, 0.25) is 0 Å². The third-order valence-electron chi connectivity index (χ3n) is 4.79. The van der Waals surface area contributed by atoms with Gasteiger partial charge in [-0.15, -0.1) is 0 Å². The number of hydrogen-bond acceptors (Lipinski definition) is 4. The van der Waals surface area contributed by atoms with E-state index < -0.39 is 0 Å². The molecule has 2 heterocycles. The van der Waals surface area contributed by atoms with E-state index in [1.54, 1.807) is 13.3 Å². The maximum absolute atomic E-state index is 12.1. The molecule has 0 bridgehead atoms. The molecule has 7 heteroatoms. The largest absolute Gasteiger partial charge is 0.376 e. The number of aromatic nitrogens is 2. The van der Waals surface area contributed by atoms with Gasteiger partial charge in [-0.05, 0) is 25.7 Å². The number of nitrogens with one attached hydrogen (secondary N) is 2. The van der Waals surface area contributed by atoms with Crippen LogP contribution in [0.3, 0.4) is 0 Å². The molecule has 2 N–H and O–H groups in total. The number of aryl methyl sites for hydroxylation is 1. The molecule has 122 valence electrons. The number of imidazole rings is 1. The highest BCUT2D eigenvalue weighted by molar-refractivity contribution is 5.74. The predicted molar refractivity (Wildman–Crippen MR) is 80.4 cm³/mol. The number of amides is 2. The van der Waals surface area contributed by atoms with Gasteiger partial charge in [0.15, 0.2) is 0 Å². The number of ether oxygens (including phenoxy) is 2. The number of rotatable bonds is 5. The molecule has 1 aromatic rings. The Morgan fingerprint density at radius 1 is 1.59 bits per heavy atom. The molecule has 0 spiro atoms. The maximum atomic E-state index is 12.1. The Bertz CT molecular complexity index is 521. The van der Waals surface area contributed by atoms with Gasteiger partial charge >= 0.3 is 6.03 Å². The summed E-state index contributed by atoms with van der Waals surface area (Å²) in [5.41, 5.74) is -0.164. The number of urea groups is 1. The molecule has 1 aliphatic carbocycles. The van der Waals surface area contributed by atoms with E-state index in [1.807, 2.05) is 17.8 Å². The SMILES string of the molecule is COC1(CNC(=O)N[C@H]2CCO[C@@H]2c2nccn2C)CCC1. The first-order valence-electron chi connectivity index (χ1n) is 7.82. The Labute approximate surface area is 130 Å². The van der Waals surface area contributed by atoms with Gasteiger partial charge in [-0.2, -0.15) is 0 Å². The van der Waals surface area contributed by atoms with Crippen LogP contribution in [0.5, 0.6) is 0 Å². The normalized spacial score (nSPS) is 26.5. The van der Waals surface area contributed by atoms with Crippen molar-refractivity contribution in [1.29, 1.82) is 0 Å². The summed E-state index contributed by atoms with van der Waals surface area (Å²) in [5.74, 6) is 0.843. The fourth-order valence-corrected chi connectivity index (χ4v) is 3.13. The number of methoxy groups -OCH3 is 1. The van der Waals surface area contributed by atoms with E-state index in [0.717, 1.165) is 31.5 Å². The summed E-state index contributed by atoms with van der Waals surface area (Å²) in [6.45, 7) is 1.18. The van der Waals surface area contributed by atoms with E-state index in [1.165, 1.54) is 0 Å². The highest BCUT2D eigenvalue weighted by atomic mass is 16.5. The molecule has 22 heavy (non-hydrogen) atoms. The van der Waals surface area contributed by atoms with Crippen molar-refractivity contribution < 1.29 is 14.3 Å². The van der Waals surface area contributed by atoms with Gasteiger partial charge in [0.1, 0.15) is 11.9 Å². The highest BCUT2D eigenvalue weighted by Crippen LogP contribution is 2.34. The second-order valence-corrected chi connectivity index (χ2v) is 6.15. The lowest BCUT2D eigenvalue weighted by Gasteiger charge is -2.40. The first-order chi connectivity index (χ1) is 10.6. The summed E-state index contributed by atoms with van der Waals surface area (Å²) in [6.07, 6.45) is 7.40. The number of hydrogen-bond donors (Lipinski definition) is 2. The van der Waals surface area contributed by atoms with Crippen LogP contribution >= 0.6 is 0 Å². The Morgan fingerprint density at radius 3 is 3.00 bits per heavy atom. The van der Waals surface area contributed by atoms with Crippen LogP contribution in [-0.2, 0) is 16.5 Å². The molecular weight excluding hydrogens is 284 g/mol. The number of carbonyl (C=O) groups is 1. The summed E-state index contributed by atoms with van der Waals surface area (Å²) < 4.78 is 13.2. The van der Waals surface area contributed by atoms with E-state index in [-0.39, 0.29) is 23.8 Å². The smallest absolute Gasteiger partial charge is 0.315 e. The Hall–Kier alpha value is -1.60. The lowest BCUT2D eigenvalue weighted by Crippen LogP contribution is -2.53. The zero-order valence-electron chi connectivity index (χ0n) is 13.2. The average Bonchev–Trinajstić information content (AvgIpc) is 3.06. The second kappa shape index (κ2) is 6.26. The predicted octanol–water partition coefficient (Wildman–Crippen LogP) is 1.12. The fourth-order valence-electron chi connectivity index (χ4n) is 3.13. The summed E-state index contributed by atoms with van der Waals surface area (Å²) in [4.78, 5) is 16.5. The Kier molecular flexibility index (Phi) is 4.35. The van der Waals surface area contributed by atoms with Gasteiger partial charge in [0.25, 0.3) is 0 Å². The molecule has 2 fully saturated rings. The minimum Gasteiger partial charge on any atom is -0.376 e. The van der Waals surface area contributed by atoms with Crippen molar-refractivity contribution in [3.63, 3.8) is 0 Å². The minimum atomic E-state index is -0.189. The first kappa shape index (κ1) is 15.3. The lowest BCUT2D eigenvalue weighted by molar-refractivity contribution is -0.0674. The average molecular weight is 308 g/mol.